The molecule has 2 aromatic carbocycles. The monoisotopic (exact) mass is 483 g/mol. The van der Waals surface area contributed by atoms with Gasteiger partial charge in [0.1, 0.15) is 5.58 Å². The number of para-hydroxylation sites is 1. The molecule has 34 heavy (non-hydrogen) atoms. The van der Waals surface area contributed by atoms with Crippen molar-refractivity contribution in [2.75, 3.05) is 25.0 Å². The van der Waals surface area contributed by atoms with Crippen LogP contribution in [0.2, 0.25) is 0 Å². The summed E-state index contributed by atoms with van der Waals surface area (Å²) in [5, 5.41) is 3.64. The number of benzene rings is 2. The van der Waals surface area contributed by atoms with Crippen molar-refractivity contribution in [2.24, 2.45) is 11.8 Å². The van der Waals surface area contributed by atoms with Crippen molar-refractivity contribution in [3.63, 3.8) is 0 Å². The lowest BCUT2D eigenvalue weighted by Gasteiger charge is -2.31. The van der Waals surface area contributed by atoms with Crippen molar-refractivity contribution < 1.29 is 22.4 Å². The van der Waals surface area contributed by atoms with E-state index in [1.807, 2.05) is 24.3 Å². The van der Waals surface area contributed by atoms with Gasteiger partial charge in [0.15, 0.2) is 5.76 Å². The molecule has 1 aliphatic rings. The highest BCUT2D eigenvalue weighted by molar-refractivity contribution is 7.89. The highest BCUT2D eigenvalue weighted by Gasteiger charge is 2.27. The number of anilines is 1. The summed E-state index contributed by atoms with van der Waals surface area (Å²) in [6.45, 7) is 4.98. The predicted molar refractivity (Wildman–Crippen MR) is 130 cm³/mol. The Kier molecular flexibility index (Phi) is 7.04. The fourth-order valence-electron chi connectivity index (χ4n) is 3.90. The Morgan fingerprint density at radius 2 is 1.74 bits per heavy atom. The first-order chi connectivity index (χ1) is 16.2. The molecular formula is C25H29N3O5S. The quantitative estimate of drug-likeness (QED) is 0.531. The maximum absolute atomic E-state index is 12.8. The largest absolute Gasteiger partial charge is 0.451 e. The topological polar surface area (TPSA) is 109 Å². The van der Waals surface area contributed by atoms with Gasteiger partial charge in [0.25, 0.3) is 5.91 Å². The molecule has 1 fully saturated rings. The number of hydrogen-bond acceptors (Lipinski definition) is 5. The van der Waals surface area contributed by atoms with Gasteiger partial charge in [0.2, 0.25) is 15.9 Å². The summed E-state index contributed by atoms with van der Waals surface area (Å²) in [7, 11) is -3.67. The Balaban J connectivity index is 1.28. The first-order valence-corrected chi connectivity index (χ1v) is 12.9. The average Bonchev–Trinajstić information content (AvgIpc) is 3.27. The lowest BCUT2D eigenvalue weighted by atomic mass is 9.97. The minimum atomic E-state index is -3.67. The summed E-state index contributed by atoms with van der Waals surface area (Å²) in [5.41, 5.74) is 1.24. The van der Waals surface area contributed by atoms with E-state index >= 15 is 0 Å². The molecule has 0 unspecified atom stereocenters. The number of sulfonamides is 1. The third kappa shape index (κ3) is 5.48. The van der Waals surface area contributed by atoms with Crippen molar-refractivity contribution in [2.45, 2.75) is 31.6 Å². The van der Waals surface area contributed by atoms with E-state index in [-0.39, 0.29) is 28.5 Å². The van der Waals surface area contributed by atoms with Crippen LogP contribution >= 0.6 is 0 Å². The van der Waals surface area contributed by atoms with Gasteiger partial charge in [0, 0.05) is 36.6 Å². The van der Waals surface area contributed by atoms with E-state index in [0.717, 1.165) is 5.39 Å². The second-order valence-electron chi connectivity index (χ2n) is 8.90. The molecule has 4 rings (SSSR count). The van der Waals surface area contributed by atoms with Gasteiger partial charge < -0.3 is 14.6 Å². The Morgan fingerprint density at radius 1 is 1.06 bits per heavy atom. The molecule has 2 amide bonds. The number of hydrogen-bond donors (Lipinski definition) is 2. The molecule has 0 saturated carbocycles. The van der Waals surface area contributed by atoms with Crippen molar-refractivity contribution in [3.05, 3.63) is 60.4 Å². The van der Waals surface area contributed by atoms with Crippen LogP contribution < -0.4 is 10.0 Å². The second-order valence-corrected chi connectivity index (χ2v) is 10.7. The lowest BCUT2D eigenvalue weighted by molar-refractivity contribution is -0.118. The smallest absolute Gasteiger partial charge is 0.289 e. The van der Waals surface area contributed by atoms with Gasteiger partial charge >= 0.3 is 0 Å². The minimum absolute atomic E-state index is 0.126. The highest BCUT2D eigenvalue weighted by Crippen LogP contribution is 2.23. The maximum atomic E-state index is 12.8. The van der Waals surface area contributed by atoms with Crippen LogP contribution in [0, 0.1) is 11.8 Å². The minimum Gasteiger partial charge on any atom is -0.451 e. The first kappa shape index (κ1) is 24.0. The molecular weight excluding hydrogens is 454 g/mol. The molecule has 1 aromatic heterocycles. The van der Waals surface area contributed by atoms with Crippen LogP contribution in [-0.4, -0.2) is 44.8 Å². The Bertz CT molecular complexity index is 1240. The third-order valence-electron chi connectivity index (χ3n) is 6.06. The average molecular weight is 484 g/mol. The standard InChI is InChI=1S/C25H29N3O5S/c1-17(2)24(29)27-20-7-9-21(10-8-20)34(31,32)26-16-18-11-13-28(14-12-18)25(30)23-15-19-5-3-4-6-22(19)33-23/h3-10,15,17-18,26H,11-14,16H2,1-2H3,(H,27,29). The fraction of sp³-hybridized carbons (Fsp3) is 0.360. The number of carbonyl (C=O) groups excluding carboxylic acids is 2. The Morgan fingerprint density at radius 3 is 2.38 bits per heavy atom. The molecule has 0 atom stereocenters. The zero-order valence-corrected chi connectivity index (χ0v) is 20.1. The Hall–Kier alpha value is -3.17. The molecule has 1 saturated heterocycles. The molecule has 0 aliphatic carbocycles. The van der Waals surface area contributed by atoms with E-state index in [2.05, 4.69) is 10.0 Å². The van der Waals surface area contributed by atoms with Crippen molar-refractivity contribution in [1.29, 1.82) is 0 Å². The number of nitrogens with zero attached hydrogens (tertiary/aromatic N) is 1. The third-order valence-corrected chi connectivity index (χ3v) is 7.50. The number of piperidine rings is 1. The summed E-state index contributed by atoms with van der Waals surface area (Å²) < 4.78 is 33.7. The van der Waals surface area contributed by atoms with Crippen LogP contribution in [0.15, 0.2) is 63.9 Å². The van der Waals surface area contributed by atoms with E-state index < -0.39 is 10.0 Å². The van der Waals surface area contributed by atoms with Crippen LogP contribution in [-0.2, 0) is 14.8 Å². The van der Waals surface area contributed by atoms with E-state index in [1.54, 1.807) is 36.9 Å². The molecule has 9 heteroatoms. The molecule has 0 spiro atoms. The van der Waals surface area contributed by atoms with E-state index in [4.69, 9.17) is 4.42 Å². The van der Waals surface area contributed by atoms with E-state index in [0.29, 0.717) is 49.5 Å². The van der Waals surface area contributed by atoms with Crippen molar-refractivity contribution >= 4 is 38.5 Å². The molecule has 3 aromatic rings. The lowest BCUT2D eigenvalue weighted by Crippen LogP contribution is -2.41. The van der Waals surface area contributed by atoms with Gasteiger partial charge in [-0.25, -0.2) is 13.1 Å². The van der Waals surface area contributed by atoms with Crippen molar-refractivity contribution in [3.8, 4) is 0 Å². The number of amides is 2. The van der Waals surface area contributed by atoms with Crippen molar-refractivity contribution in [1.82, 2.24) is 9.62 Å². The molecule has 2 heterocycles. The van der Waals surface area contributed by atoms with E-state index in [1.165, 1.54) is 12.1 Å². The number of furan rings is 1. The molecule has 180 valence electrons. The predicted octanol–water partition coefficient (Wildman–Crippen LogP) is 3.86. The normalized spacial score (nSPS) is 15.1. The van der Waals surface area contributed by atoms with Crippen LogP contribution in [0.4, 0.5) is 5.69 Å². The molecule has 1 aliphatic heterocycles. The molecule has 0 radical (unpaired) electrons. The zero-order valence-electron chi connectivity index (χ0n) is 19.3. The molecule has 0 bridgehead atoms. The van der Waals surface area contributed by atoms with Crippen LogP contribution in [0.25, 0.3) is 11.0 Å². The highest BCUT2D eigenvalue weighted by atomic mass is 32.2. The number of carbonyl (C=O) groups is 2. The second kappa shape index (κ2) is 9.99. The first-order valence-electron chi connectivity index (χ1n) is 11.4. The summed E-state index contributed by atoms with van der Waals surface area (Å²) in [6, 6.07) is 15.4. The van der Waals surface area contributed by atoms with Gasteiger partial charge in [-0.2, -0.15) is 0 Å². The number of fused-ring (bicyclic) bond motifs is 1. The van der Waals surface area contributed by atoms with E-state index in [9.17, 15) is 18.0 Å². The molecule has 8 nitrogen and oxygen atoms in total. The summed E-state index contributed by atoms with van der Waals surface area (Å²) >= 11 is 0. The number of likely N-dealkylation sites (tertiary alicyclic amines) is 1. The number of rotatable bonds is 7. The zero-order chi connectivity index (χ0) is 24.3. The Labute approximate surface area is 199 Å². The summed E-state index contributed by atoms with van der Waals surface area (Å²) in [6.07, 6.45) is 1.41. The van der Waals surface area contributed by atoms with Gasteiger partial charge in [-0.3, -0.25) is 9.59 Å². The van der Waals surface area contributed by atoms with Crippen LogP contribution in [0.5, 0.6) is 0 Å². The van der Waals surface area contributed by atoms with Crippen LogP contribution in [0.3, 0.4) is 0 Å². The van der Waals surface area contributed by atoms with Gasteiger partial charge in [-0.15, -0.1) is 0 Å². The summed E-state index contributed by atoms with van der Waals surface area (Å²) in [4.78, 5) is 26.5. The van der Waals surface area contributed by atoms with Gasteiger partial charge in [0.05, 0.1) is 4.90 Å². The number of nitrogens with one attached hydrogen (secondary N) is 2. The summed E-state index contributed by atoms with van der Waals surface area (Å²) in [5.74, 6) is 0.0387. The SMILES string of the molecule is CC(C)C(=O)Nc1ccc(S(=O)(=O)NCC2CCN(C(=O)c3cc4ccccc4o3)CC2)cc1. The van der Waals surface area contributed by atoms with Gasteiger partial charge in [-0.05, 0) is 55.2 Å². The van der Waals surface area contributed by atoms with Crippen LogP contribution in [0.1, 0.15) is 37.2 Å². The maximum Gasteiger partial charge on any atom is 0.289 e. The fourth-order valence-corrected chi connectivity index (χ4v) is 5.01. The van der Waals surface area contributed by atoms with Gasteiger partial charge in [-0.1, -0.05) is 32.0 Å². The molecule has 2 N–H and O–H groups in total.